The van der Waals surface area contributed by atoms with Crippen LogP contribution in [0.15, 0.2) is 24.3 Å². The lowest BCUT2D eigenvalue weighted by molar-refractivity contribution is 0.337. The first-order valence-corrected chi connectivity index (χ1v) is 6.87. The Bertz CT molecular complexity index is 377. The predicted octanol–water partition coefficient (Wildman–Crippen LogP) is 3.84. The number of hydrogen-bond donors (Lipinski definition) is 1. The minimum atomic E-state index is 0.346. The van der Waals surface area contributed by atoms with Crippen molar-refractivity contribution in [1.82, 2.24) is 5.32 Å². The maximum atomic E-state index is 3.49. The Labute approximate surface area is 106 Å². The van der Waals surface area contributed by atoms with E-state index in [1.165, 1.54) is 19.3 Å². The molecule has 94 valence electrons. The Hall–Kier alpha value is -0.820. The van der Waals surface area contributed by atoms with Crippen LogP contribution in [0.3, 0.4) is 0 Å². The van der Waals surface area contributed by atoms with Gasteiger partial charge in [0.1, 0.15) is 0 Å². The summed E-state index contributed by atoms with van der Waals surface area (Å²) in [5.41, 5.74) is 3.48. The molecule has 1 aliphatic carbocycles. The summed E-state index contributed by atoms with van der Waals surface area (Å²) in [5.74, 6) is 0.689. The smallest absolute Gasteiger partial charge is 0.0130 e. The second-order valence-corrected chi connectivity index (χ2v) is 5.92. The third kappa shape index (κ3) is 2.26. The van der Waals surface area contributed by atoms with Crippen LogP contribution in [0.1, 0.15) is 57.1 Å². The van der Waals surface area contributed by atoms with Crippen molar-refractivity contribution in [3.05, 3.63) is 35.4 Å². The third-order valence-corrected chi connectivity index (χ3v) is 4.47. The minimum absolute atomic E-state index is 0.346. The van der Waals surface area contributed by atoms with Crippen LogP contribution < -0.4 is 5.32 Å². The first-order chi connectivity index (χ1) is 8.10. The summed E-state index contributed by atoms with van der Waals surface area (Å²) in [6.07, 6.45) is 3.81. The zero-order chi connectivity index (χ0) is 12.5. The second-order valence-electron chi connectivity index (χ2n) is 5.92. The van der Waals surface area contributed by atoms with Crippen LogP contribution >= 0.6 is 0 Å². The van der Waals surface area contributed by atoms with Crippen molar-refractivity contribution in [2.75, 3.05) is 7.05 Å². The molecule has 1 N–H and O–H groups in total. The number of nitrogens with one attached hydrogen (secondary N) is 1. The van der Waals surface area contributed by atoms with Gasteiger partial charge in [0.05, 0.1) is 0 Å². The standard InChI is InChI=1S/C16H25N/c1-5-15(17-4)13-10-11-16(2,3)14-9-7-6-8-12(13)14/h6-9,13,15,17H,5,10-11H2,1-4H3. The van der Waals surface area contributed by atoms with Crippen LogP contribution in [0, 0.1) is 0 Å². The molecule has 2 rings (SSSR count). The Morgan fingerprint density at radius 2 is 2.06 bits per heavy atom. The maximum Gasteiger partial charge on any atom is 0.0130 e. The van der Waals surface area contributed by atoms with Gasteiger partial charge in [-0.2, -0.15) is 0 Å². The van der Waals surface area contributed by atoms with Gasteiger partial charge in [-0.05, 0) is 48.8 Å². The van der Waals surface area contributed by atoms with Gasteiger partial charge in [-0.1, -0.05) is 45.0 Å². The van der Waals surface area contributed by atoms with E-state index in [0.717, 1.165) is 0 Å². The maximum absolute atomic E-state index is 3.49. The Kier molecular flexibility index (Phi) is 3.58. The predicted molar refractivity (Wildman–Crippen MR) is 74.6 cm³/mol. The Morgan fingerprint density at radius 3 is 2.71 bits per heavy atom. The highest BCUT2D eigenvalue weighted by Crippen LogP contribution is 2.44. The van der Waals surface area contributed by atoms with Gasteiger partial charge in [0.25, 0.3) is 0 Å². The van der Waals surface area contributed by atoms with Crippen LogP contribution in [-0.4, -0.2) is 13.1 Å². The molecule has 0 heterocycles. The number of hydrogen-bond acceptors (Lipinski definition) is 1. The number of likely N-dealkylation sites (N-methyl/N-ethyl adjacent to an activating group) is 1. The molecule has 1 aliphatic rings. The van der Waals surface area contributed by atoms with Crippen molar-refractivity contribution >= 4 is 0 Å². The van der Waals surface area contributed by atoms with Crippen molar-refractivity contribution in [3.8, 4) is 0 Å². The van der Waals surface area contributed by atoms with Gasteiger partial charge < -0.3 is 5.32 Å². The van der Waals surface area contributed by atoms with Crippen molar-refractivity contribution in [1.29, 1.82) is 0 Å². The molecule has 1 aromatic rings. The average Bonchev–Trinajstić information content (AvgIpc) is 2.34. The fraction of sp³-hybridized carbons (Fsp3) is 0.625. The van der Waals surface area contributed by atoms with E-state index >= 15 is 0 Å². The minimum Gasteiger partial charge on any atom is -0.316 e. The molecule has 0 fully saturated rings. The molecule has 2 atom stereocenters. The van der Waals surface area contributed by atoms with E-state index in [1.807, 2.05) is 0 Å². The first-order valence-electron chi connectivity index (χ1n) is 6.87. The van der Waals surface area contributed by atoms with E-state index in [1.54, 1.807) is 11.1 Å². The molecule has 0 saturated carbocycles. The molecule has 0 saturated heterocycles. The third-order valence-electron chi connectivity index (χ3n) is 4.47. The summed E-state index contributed by atoms with van der Waals surface area (Å²) in [5, 5.41) is 3.49. The molecule has 0 radical (unpaired) electrons. The summed E-state index contributed by atoms with van der Waals surface area (Å²) in [4.78, 5) is 0. The Morgan fingerprint density at radius 1 is 1.35 bits per heavy atom. The highest BCUT2D eigenvalue weighted by Gasteiger charge is 2.34. The van der Waals surface area contributed by atoms with Crippen LogP contribution in [-0.2, 0) is 5.41 Å². The molecule has 1 nitrogen and oxygen atoms in total. The normalized spacial score (nSPS) is 24.1. The highest BCUT2D eigenvalue weighted by molar-refractivity contribution is 5.39. The summed E-state index contributed by atoms with van der Waals surface area (Å²) >= 11 is 0. The molecular weight excluding hydrogens is 206 g/mol. The van der Waals surface area contributed by atoms with Crippen molar-refractivity contribution in [3.63, 3.8) is 0 Å². The average molecular weight is 231 g/mol. The van der Waals surface area contributed by atoms with Crippen molar-refractivity contribution in [2.24, 2.45) is 0 Å². The summed E-state index contributed by atoms with van der Waals surface area (Å²) in [6.45, 7) is 7.04. The summed E-state index contributed by atoms with van der Waals surface area (Å²) in [6, 6.07) is 9.65. The largest absolute Gasteiger partial charge is 0.316 e. The van der Waals surface area contributed by atoms with E-state index < -0.39 is 0 Å². The molecule has 0 bridgehead atoms. The van der Waals surface area contributed by atoms with E-state index in [9.17, 15) is 0 Å². The number of rotatable bonds is 3. The molecule has 0 aromatic heterocycles. The lowest BCUT2D eigenvalue weighted by Crippen LogP contribution is -2.37. The van der Waals surface area contributed by atoms with Crippen LogP contribution in [0.4, 0.5) is 0 Å². The van der Waals surface area contributed by atoms with Gasteiger partial charge in [-0.3, -0.25) is 0 Å². The topological polar surface area (TPSA) is 12.0 Å². The molecule has 1 aromatic carbocycles. The number of benzene rings is 1. The molecule has 0 spiro atoms. The van der Waals surface area contributed by atoms with Gasteiger partial charge in [0, 0.05) is 6.04 Å². The molecule has 0 amide bonds. The van der Waals surface area contributed by atoms with E-state index in [4.69, 9.17) is 0 Å². The molecule has 2 unspecified atom stereocenters. The second kappa shape index (κ2) is 4.81. The first kappa shape index (κ1) is 12.6. The van der Waals surface area contributed by atoms with Crippen molar-refractivity contribution < 1.29 is 0 Å². The fourth-order valence-electron chi connectivity index (χ4n) is 3.35. The lowest BCUT2D eigenvalue weighted by Gasteiger charge is -2.40. The molecule has 17 heavy (non-hydrogen) atoms. The van der Waals surface area contributed by atoms with Gasteiger partial charge in [-0.25, -0.2) is 0 Å². The molecular formula is C16H25N. The van der Waals surface area contributed by atoms with Crippen LogP contribution in [0.25, 0.3) is 0 Å². The highest BCUT2D eigenvalue weighted by atomic mass is 14.9. The van der Waals surface area contributed by atoms with Gasteiger partial charge in [-0.15, -0.1) is 0 Å². The van der Waals surface area contributed by atoms with Crippen LogP contribution in [0.2, 0.25) is 0 Å². The number of fused-ring (bicyclic) bond motifs is 1. The molecule has 1 heteroatoms. The quantitative estimate of drug-likeness (QED) is 0.833. The molecule has 0 aliphatic heterocycles. The van der Waals surface area contributed by atoms with E-state index in [0.29, 0.717) is 17.4 Å². The van der Waals surface area contributed by atoms with Crippen molar-refractivity contribution in [2.45, 2.75) is 57.4 Å². The van der Waals surface area contributed by atoms with Gasteiger partial charge in [0.2, 0.25) is 0 Å². The van der Waals surface area contributed by atoms with E-state index in [2.05, 4.69) is 57.4 Å². The SMILES string of the molecule is CCC(NC)C1CCC(C)(C)c2ccccc21. The zero-order valence-electron chi connectivity index (χ0n) is 11.6. The lowest BCUT2D eigenvalue weighted by atomic mass is 9.67. The van der Waals surface area contributed by atoms with E-state index in [-0.39, 0.29) is 0 Å². The monoisotopic (exact) mass is 231 g/mol. The zero-order valence-corrected chi connectivity index (χ0v) is 11.6. The van der Waals surface area contributed by atoms with Crippen LogP contribution in [0.5, 0.6) is 0 Å². The van der Waals surface area contributed by atoms with Gasteiger partial charge in [0.15, 0.2) is 0 Å². The summed E-state index contributed by atoms with van der Waals surface area (Å²) < 4.78 is 0. The summed E-state index contributed by atoms with van der Waals surface area (Å²) in [7, 11) is 2.09. The van der Waals surface area contributed by atoms with Gasteiger partial charge >= 0.3 is 0 Å². The fourth-order valence-corrected chi connectivity index (χ4v) is 3.35. The Balaban J connectivity index is 2.41.